The van der Waals surface area contributed by atoms with Gasteiger partial charge in [-0.25, -0.2) is 4.98 Å². The number of aryl methyl sites for hydroxylation is 1. The highest BCUT2D eigenvalue weighted by Gasteiger charge is 2.40. The number of fused-ring (bicyclic) bond motifs is 2. The first-order valence-corrected chi connectivity index (χ1v) is 12.1. The van der Waals surface area contributed by atoms with Gasteiger partial charge in [0, 0.05) is 44.0 Å². The summed E-state index contributed by atoms with van der Waals surface area (Å²) in [6, 6.07) is 2.13. The van der Waals surface area contributed by atoms with Gasteiger partial charge in [-0.2, -0.15) is 18.2 Å². The van der Waals surface area contributed by atoms with Gasteiger partial charge in [0.25, 0.3) is 0 Å². The zero-order valence-corrected chi connectivity index (χ0v) is 19.7. The van der Waals surface area contributed by atoms with Gasteiger partial charge in [0.2, 0.25) is 17.7 Å². The van der Waals surface area contributed by atoms with E-state index < -0.39 is 12.0 Å². The zero-order valence-electron chi connectivity index (χ0n) is 18.9. The molecule has 0 aliphatic carbocycles. The van der Waals surface area contributed by atoms with Crippen molar-refractivity contribution in [3.63, 3.8) is 0 Å². The number of thiophene rings is 1. The smallest absolute Gasteiger partial charge is 0.352 e. The average Bonchev–Trinajstić information content (AvgIpc) is 3.49. The van der Waals surface area contributed by atoms with Crippen LogP contribution in [0.5, 0.6) is 0 Å². The molecular weight excluding hydrogens is 469 g/mol. The quantitative estimate of drug-likeness (QED) is 0.583. The summed E-state index contributed by atoms with van der Waals surface area (Å²) >= 11 is 1.62. The molecule has 0 saturated carbocycles. The molecule has 1 atom stereocenters. The third-order valence-corrected chi connectivity index (χ3v) is 7.18. The molecule has 1 fully saturated rings. The van der Waals surface area contributed by atoms with Crippen molar-refractivity contribution < 1.29 is 18.0 Å². The average molecular weight is 495 g/mol. The number of hydrogen-bond donors (Lipinski definition) is 1. The molecule has 2 aliphatic rings. The molecule has 5 rings (SSSR count). The van der Waals surface area contributed by atoms with Crippen LogP contribution in [0.15, 0.2) is 6.07 Å². The number of rotatable bonds is 5. The predicted molar refractivity (Wildman–Crippen MR) is 122 cm³/mol. The Labute approximate surface area is 198 Å². The van der Waals surface area contributed by atoms with Crippen LogP contribution in [0.2, 0.25) is 0 Å². The van der Waals surface area contributed by atoms with E-state index in [1.807, 2.05) is 4.90 Å². The number of aromatic nitrogens is 5. The number of nitrogens with zero attached hydrogens (tertiary/aromatic N) is 7. The molecule has 0 spiro atoms. The first-order valence-electron chi connectivity index (χ1n) is 11.3. The summed E-state index contributed by atoms with van der Waals surface area (Å²) in [6.07, 6.45) is -1.81. The fourth-order valence-corrected chi connectivity index (χ4v) is 5.71. The van der Waals surface area contributed by atoms with Crippen molar-refractivity contribution >= 4 is 39.2 Å². The van der Waals surface area contributed by atoms with Gasteiger partial charge < -0.3 is 19.7 Å². The zero-order chi connectivity index (χ0) is 24.0. The van der Waals surface area contributed by atoms with Crippen molar-refractivity contribution in [3.05, 3.63) is 22.6 Å². The molecule has 1 N–H and O–H groups in total. The summed E-state index contributed by atoms with van der Waals surface area (Å²) in [4.78, 5) is 27.2. The monoisotopic (exact) mass is 494 g/mol. The van der Waals surface area contributed by atoms with Crippen LogP contribution in [0.25, 0.3) is 10.2 Å². The van der Waals surface area contributed by atoms with Crippen molar-refractivity contribution in [1.29, 1.82) is 0 Å². The van der Waals surface area contributed by atoms with Crippen molar-refractivity contribution in [3.8, 4) is 0 Å². The van der Waals surface area contributed by atoms with Gasteiger partial charge in [-0.3, -0.25) is 4.79 Å². The summed E-state index contributed by atoms with van der Waals surface area (Å²) < 4.78 is 40.9. The Bertz CT molecular complexity index is 1220. The maximum atomic E-state index is 13.3. The third-order valence-electron chi connectivity index (χ3n) is 6.09. The van der Waals surface area contributed by atoms with E-state index in [4.69, 9.17) is 9.97 Å². The molecule has 2 aliphatic heterocycles. The first-order chi connectivity index (χ1) is 16.2. The van der Waals surface area contributed by atoms with Crippen LogP contribution in [0.3, 0.4) is 0 Å². The number of alkyl halides is 3. The van der Waals surface area contributed by atoms with E-state index in [0.717, 1.165) is 34.0 Å². The second-order valence-corrected chi connectivity index (χ2v) is 9.79. The predicted octanol–water partition coefficient (Wildman–Crippen LogP) is 2.99. The van der Waals surface area contributed by atoms with Gasteiger partial charge in [0.15, 0.2) is 5.82 Å². The number of anilines is 2. The SMILES string of the molecule is CCCc1cc2c(N3CCn4c(nnc4C(F)(F)F)C3)nc(N3CC[C@@H](NC(C)=O)C3)nc2s1. The van der Waals surface area contributed by atoms with Crippen LogP contribution in [0.1, 0.15) is 43.2 Å². The highest BCUT2D eigenvalue weighted by molar-refractivity contribution is 7.18. The maximum absolute atomic E-state index is 13.3. The van der Waals surface area contributed by atoms with Crippen molar-refractivity contribution in [2.75, 3.05) is 29.4 Å². The first kappa shape index (κ1) is 22.8. The molecule has 13 heteroatoms. The Morgan fingerprint density at radius 3 is 2.76 bits per heavy atom. The van der Waals surface area contributed by atoms with Gasteiger partial charge in [-0.05, 0) is 18.9 Å². The van der Waals surface area contributed by atoms with Crippen molar-refractivity contribution in [2.45, 2.75) is 58.4 Å². The molecule has 3 aromatic rings. The van der Waals surface area contributed by atoms with Gasteiger partial charge in [0.05, 0.1) is 11.9 Å². The Hall–Kier alpha value is -2.96. The Morgan fingerprint density at radius 2 is 2.03 bits per heavy atom. The minimum Gasteiger partial charge on any atom is -0.352 e. The minimum atomic E-state index is -4.54. The number of nitrogens with one attached hydrogen (secondary N) is 1. The second-order valence-electron chi connectivity index (χ2n) is 8.67. The van der Waals surface area contributed by atoms with E-state index in [9.17, 15) is 18.0 Å². The van der Waals surface area contributed by atoms with E-state index in [1.54, 1.807) is 11.3 Å². The number of hydrogen-bond acceptors (Lipinski definition) is 8. The number of amides is 1. The highest BCUT2D eigenvalue weighted by atomic mass is 32.1. The van der Waals surface area contributed by atoms with Gasteiger partial charge in [-0.1, -0.05) is 13.3 Å². The molecule has 1 amide bonds. The molecule has 0 radical (unpaired) electrons. The summed E-state index contributed by atoms with van der Waals surface area (Å²) in [7, 11) is 0. The van der Waals surface area contributed by atoms with Crippen LogP contribution < -0.4 is 15.1 Å². The van der Waals surface area contributed by atoms with Gasteiger partial charge in [-0.15, -0.1) is 21.5 Å². The molecule has 9 nitrogen and oxygen atoms in total. The lowest BCUT2D eigenvalue weighted by Gasteiger charge is -2.30. The summed E-state index contributed by atoms with van der Waals surface area (Å²) in [5, 5.41) is 11.1. The standard InChI is InChI=1S/C21H25F3N8OS/c1-3-4-14-9-15-17(30-7-8-32-16(11-30)28-29-19(32)21(22,23)24)26-20(27-18(15)34-14)31-6-5-13(10-31)25-12(2)33/h9,13H,3-8,10-11H2,1-2H3,(H,25,33)/t13-/m1/s1. The fraction of sp³-hybridized carbons (Fsp3) is 0.571. The largest absolute Gasteiger partial charge is 0.451 e. The number of carbonyl (C=O) groups is 1. The molecular formula is C21H25F3N8OS. The Morgan fingerprint density at radius 1 is 1.21 bits per heavy atom. The number of carbonyl (C=O) groups excluding carboxylic acids is 1. The van der Waals surface area contributed by atoms with Crippen molar-refractivity contribution in [1.82, 2.24) is 30.0 Å². The second kappa shape index (κ2) is 8.67. The van der Waals surface area contributed by atoms with Crippen LogP contribution in [-0.4, -0.2) is 56.3 Å². The third kappa shape index (κ3) is 4.28. The highest BCUT2D eigenvalue weighted by Crippen LogP contribution is 2.36. The lowest BCUT2D eigenvalue weighted by atomic mass is 10.2. The molecule has 34 heavy (non-hydrogen) atoms. The topological polar surface area (TPSA) is 92.1 Å². The molecule has 182 valence electrons. The van der Waals surface area contributed by atoms with E-state index in [-0.39, 0.29) is 30.9 Å². The maximum Gasteiger partial charge on any atom is 0.451 e. The van der Waals surface area contributed by atoms with E-state index in [0.29, 0.717) is 31.4 Å². The minimum absolute atomic E-state index is 0.0357. The van der Waals surface area contributed by atoms with Crippen molar-refractivity contribution in [2.24, 2.45) is 0 Å². The molecule has 3 aromatic heterocycles. The molecule has 0 unspecified atom stereocenters. The van der Waals surface area contributed by atoms with Crippen LogP contribution >= 0.6 is 11.3 Å². The molecule has 1 saturated heterocycles. The van der Waals surface area contributed by atoms with E-state index >= 15 is 0 Å². The number of halogens is 3. The summed E-state index contributed by atoms with van der Waals surface area (Å²) in [5.41, 5.74) is 0. The lowest BCUT2D eigenvalue weighted by molar-refractivity contribution is -0.147. The van der Waals surface area contributed by atoms with Crippen LogP contribution in [0, 0.1) is 0 Å². The normalized spacial score (nSPS) is 18.6. The Balaban J connectivity index is 1.49. The van der Waals surface area contributed by atoms with E-state index in [1.165, 1.54) is 11.8 Å². The van der Waals surface area contributed by atoms with E-state index in [2.05, 4.69) is 33.4 Å². The lowest BCUT2D eigenvalue weighted by Crippen LogP contribution is -2.37. The van der Waals surface area contributed by atoms with Crippen LogP contribution in [0.4, 0.5) is 24.9 Å². The molecule has 0 bridgehead atoms. The fourth-order valence-electron chi connectivity index (χ4n) is 4.59. The molecule has 5 heterocycles. The summed E-state index contributed by atoms with van der Waals surface area (Å²) in [6.45, 7) is 5.61. The Kier molecular flexibility index (Phi) is 5.82. The molecule has 0 aromatic carbocycles. The van der Waals surface area contributed by atoms with Gasteiger partial charge in [0.1, 0.15) is 10.6 Å². The van der Waals surface area contributed by atoms with Gasteiger partial charge >= 0.3 is 6.18 Å². The van der Waals surface area contributed by atoms with Crippen LogP contribution in [-0.2, 0) is 30.5 Å². The summed E-state index contributed by atoms with van der Waals surface area (Å²) in [5.74, 6) is 0.509.